The summed E-state index contributed by atoms with van der Waals surface area (Å²) < 4.78 is 1.70. The van der Waals surface area contributed by atoms with Crippen LogP contribution < -0.4 is 11.2 Å². The van der Waals surface area contributed by atoms with E-state index < -0.39 is 17.1 Å². The first kappa shape index (κ1) is 17.2. The van der Waals surface area contributed by atoms with E-state index in [1.165, 1.54) is 6.21 Å². The molecule has 0 spiro atoms. The molecule has 0 unspecified atom stereocenters. The lowest BCUT2D eigenvalue weighted by molar-refractivity contribution is 0.430. The number of halogens is 2. The molecule has 0 radical (unpaired) electrons. The number of nitrogens with one attached hydrogen (secondary N) is 1. The molecule has 0 aliphatic heterocycles. The third-order valence-corrected chi connectivity index (χ3v) is 4.31. The number of rotatable bonds is 3. The van der Waals surface area contributed by atoms with Crippen LogP contribution in [0.1, 0.15) is 5.56 Å². The second-order valence-corrected chi connectivity index (χ2v) is 6.31. The number of para-hydroxylation sites is 1. The number of H-pyrrole nitrogens is 1. The maximum atomic E-state index is 12.1. The smallest absolute Gasteiger partial charge is 0.335 e. The Morgan fingerprint density at radius 3 is 2.48 bits per heavy atom. The third kappa shape index (κ3) is 3.57. The second kappa shape index (κ2) is 7.08. The Labute approximate surface area is 155 Å². The molecule has 126 valence electrons. The molecule has 8 heteroatoms. The number of hydrogen-bond acceptors (Lipinski definition) is 4. The van der Waals surface area contributed by atoms with Crippen LogP contribution in [-0.2, 0) is 0 Å². The van der Waals surface area contributed by atoms with Crippen molar-refractivity contribution in [1.29, 1.82) is 0 Å². The number of aromatic nitrogens is 2. The van der Waals surface area contributed by atoms with Gasteiger partial charge in [-0.05, 0) is 52.3 Å². The number of benzene rings is 2. The van der Waals surface area contributed by atoms with Gasteiger partial charge in [-0.25, -0.2) is 9.36 Å². The molecule has 1 aromatic heterocycles. The van der Waals surface area contributed by atoms with Crippen molar-refractivity contribution in [3.63, 3.8) is 0 Å². The Bertz CT molecular complexity index is 1070. The van der Waals surface area contributed by atoms with Crippen LogP contribution in [0.4, 0.5) is 5.69 Å². The van der Waals surface area contributed by atoms with Crippen LogP contribution in [0.25, 0.3) is 5.69 Å². The fourth-order valence-corrected chi connectivity index (χ4v) is 2.69. The molecule has 25 heavy (non-hydrogen) atoms. The minimum Gasteiger partial charge on any atom is -0.493 e. The first-order valence-electron chi connectivity index (χ1n) is 7.10. The molecule has 0 amide bonds. The van der Waals surface area contributed by atoms with Gasteiger partial charge in [0.05, 0.1) is 11.4 Å². The van der Waals surface area contributed by atoms with Gasteiger partial charge in [0, 0.05) is 15.7 Å². The number of aromatic amines is 1. The van der Waals surface area contributed by atoms with Crippen molar-refractivity contribution in [2.45, 2.75) is 0 Å². The van der Waals surface area contributed by atoms with Gasteiger partial charge in [-0.1, -0.05) is 23.7 Å². The van der Waals surface area contributed by atoms with Crippen LogP contribution in [0, 0.1) is 0 Å². The SMILES string of the molecule is O=c1[nH]c(=O)n(-c2ccc(Cl)cc2)c(O)c1C=Nc1ccccc1Br. The molecule has 6 nitrogen and oxygen atoms in total. The van der Waals surface area contributed by atoms with Gasteiger partial charge in [-0.3, -0.25) is 14.8 Å². The van der Waals surface area contributed by atoms with E-state index in [0.29, 0.717) is 16.4 Å². The number of hydrogen-bond donors (Lipinski definition) is 2. The average Bonchev–Trinajstić information content (AvgIpc) is 2.57. The van der Waals surface area contributed by atoms with Crippen molar-refractivity contribution in [1.82, 2.24) is 9.55 Å². The lowest BCUT2D eigenvalue weighted by atomic mass is 10.3. The van der Waals surface area contributed by atoms with Gasteiger partial charge in [0.25, 0.3) is 5.56 Å². The van der Waals surface area contributed by atoms with Crippen molar-refractivity contribution < 1.29 is 5.11 Å². The first-order chi connectivity index (χ1) is 12.0. The van der Waals surface area contributed by atoms with E-state index in [9.17, 15) is 14.7 Å². The normalized spacial score (nSPS) is 11.1. The van der Waals surface area contributed by atoms with Crippen LogP contribution in [0.5, 0.6) is 5.88 Å². The highest BCUT2D eigenvalue weighted by Gasteiger charge is 2.14. The summed E-state index contributed by atoms with van der Waals surface area (Å²) in [6.07, 6.45) is 1.21. The summed E-state index contributed by atoms with van der Waals surface area (Å²) in [5.74, 6) is -0.508. The number of nitrogens with zero attached hydrogens (tertiary/aromatic N) is 2. The maximum Gasteiger partial charge on any atom is 0.335 e. The van der Waals surface area contributed by atoms with Crippen molar-refractivity contribution in [3.8, 4) is 11.6 Å². The van der Waals surface area contributed by atoms with Crippen LogP contribution in [0.3, 0.4) is 0 Å². The minimum atomic E-state index is -0.761. The molecule has 0 saturated carbocycles. The zero-order valence-electron chi connectivity index (χ0n) is 12.6. The van der Waals surface area contributed by atoms with Crippen LogP contribution in [0.2, 0.25) is 5.02 Å². The zero-order valence-corrected chi connectivity index (χ0v) is 15.0. The summed E-state index contributed by atoms with van der Waals surface area (Å²) in [7, 11) is 0. The molecule has 3 aromatic rings. The summed E-state index contributed by atoms with van der Waals surface area (Å²) in [6, 6.07) is 13.4. The first-order valence-corrected chi connectivity index (χ1v) is 8.27. The number of aliphatic imine (C=N–C) groups is 1. The lowest BCUT2D eigenvalue weighted by Gasteiger charge is -2.09. The Balaban J connectivity index is 2.14. The molecule has 0 aliphatic carbocycles. The fourth-order valence-electron chi connectivity index (χ4n) is 2.18. The minimum absolute atomic E-state index is 0.134. The van der Waals surface area contributed by atoms with E-state index in [4.69, 9.17) is 11.6 Å². The Kier molecular flexibility index (Phi) is 4.87. The van der Waals surface area contributed by atoms with E-state index in [-0.39, 0.29) is 5.56 Å². The standard InChI is InChI=1S/C17H11BrClN3O3/c18-13-3-1-2-4-14(13)20-9-12-15(23)21-17(25)22(16(12)24)11-7-5-10(19)6-8-11/h1-9,24H,(H,21,23,25). The molecular weight excluding hydrogens is 410 g/mol. The molecule has 2 N–H and O–H groups in total. The van der Waals surface area contributed by atoms with Gasteiger partial charge in [-0.15, -0.1) is 0 Å². The molecule has 2 aromatic carbocycles. The summed E-state index contributed by atoms with van der Waals surface area (Å²) in [4.78, 5) is 30.5. The molecule has 0 atom stereocenters. The predicted octanol–water partition coefficient (Wildman–Crippen LogP) is 3.40. The largest absolute Gasteiger partial charge is 0.493 e. The maximum absolute atomic E-state index is 12.1. The Hall–Kier alpha value is -2.64. The van der Waals surface area contributed by atoms with E-state index in [2.05, 4.69) is 25.9 Å². The zero-order chi connectivity index (χ0) is 18.0. The molecule has 0 aliphatic rings. The topological polar surface area (TPSA) is 87.5 Å². The lowest BCUT2D eigenvalue weighted by Crippen LogP contribution is -2.31. The molecule has 0 saturated heterocycles. The van der Waals surface area contributed by atoms with E-state index in [1.807, 2.05) is 6.07 Å². The van der Waals surface area contributed by atoms with Crippen molar-refractivity contribution in [2.75, 3.05) is 0 Å². The summed E-state index contributed by atoms with van der Waals surface area (Å²) in [6.45, 7) is 0. The molecular formula is C17H11BrClN3O3. The van der Waals surface area contributed by atoms with Gasteiger partial charge in [0.2, 0.25) is 5.88 Å². The Morgan fingerprint density at radius 1 is 1.12 bits per heavy atom. The number of aromatic hydroxyl groups is 1. The van der Waals surface area contributed by atoms with Gasteiger partial charge in [0.15, 0.2) is 0 Å². The van der Waals surface area contributed by atoms with Gasteiger partial charge < -0.3 is 5.11 Å². The highest BCUT2D eigenvalue weighted by Crippen LogP contribution is 2.24. The average molecular weight is 421 g/mol. The third-order valence-electron chi connectivity index (χ3n) is 3.39. The van der Waals surface area contributed by atoms with E-state index in [1.54, 1.807) is 42.5 Å². The molecule has 0 fully saturated rings. The molecule has 1 heterocycles. The Morgan fingerprint density at radius 2 is 1.80 bits per heavy atom. The monoisotopic (exact) mass is 419 g/mol. The van der Waals surface area contributed by atoms with Gasteiger partial charge in [-0.2, -0.15) is 0 Å². The molecule has 0 bridgehead atoms. The highest BCUT2D eigenvalue weighted by atomic mass is 79.9. The second-order valence-electron chi connectivity index (χ2n) is 5.02. The van der Waals surface area contributed by atoms with Crippen LogP contribution >= 0.6 is 27.5 Å². The van der Waals surface area contributed by atoms with Gasteiger partial charge >= 0.3 is 5.69 Å². The highest BCUT2D eigenvalue weighted by molar-refractivity contribution is 9.10. The molecule has 3 rings (SSSR count). The summed E-state index contributed by atoms with van der Waals surface area (Å²) in [5.41, 5.74) is -0.694. The summed E-state index contributed by atoms with van der Waals surface area (Å²) >= 11 is 9.18. The van der Waals surface area contributed by atoms with Crippen LogP contribution in [0.15, 0.2) is 67.6 Å². The van der Waals surface area contributed by atoms with Crippen molar-refractivity contribution in [2.24, 2.45) is 4.99 Å². The van der Waals surface area contributed by atoms with Crippen molar-refractivity contribution >= 4 is 39.4 Å². The fraction of sp³-hybridized carbons (Fsp3) is 0. The van der Waals surface area contributed by atoms with Gasteiger partial charge in [0.1, 0.15) is 5.56 Å². The van der Waals surface area contributed by atoms with E-state index >= 15 is 0 Å². The summed E-state index contributed by atoms with van der Waals surface area (Å²) in [5, 5.41) is 10.9. The quantitative estimate of drug-likeness (QED) is 0.637. The van der Waals surface area contributed by atoms with Crippen LogP contribution in [-0.4, -0.2) is 20.9 Å². The van der Waals surface area contributed by atoms with Crippen molar-refractivity contribution in [3.05, 3.63) is 84.4 Å². The van der Waals surface area contributed by atoms with E-state index in [0.717, 1.165) is 9.04 Å². The predicted molar refractivity (Wildman–Crippen MR) is 101 cm³/mol.